The van der Waals surface area contributed by atoms with Crippen LogP contribution >= 0.6 is 0 Å². The van der Waals surface area contributed by atoms with E-state index < -0.39 is 5.41 Å². The fraction of sp³-hybridized carbons (Fsp3) is 0.500. The molecule has 2 nitrogen and oxygen atoms in total. The molecule has 0 aliphatic heterocycles. The topological polar surface area (TPSA) is 40.9 Å². The van der Waals surface area contributed by atoms with E-state index in [1.807, 2.05) is 0 Å². The fourth-order valence-corrected chi connectivity index (χ4v) is 1.10. The Balaban J connectivity index is 2.77. The third kappa shape index (κ3) is 0.750. The molecule has 0 spiro atoms. The molecule has 2 heteroatoms. The van der Waals surface area contributed by atoms with Gasteiger partial charge in [0.2, 0.25) is 0 Å². The van der Waals surface area contributed by atoms with Crippen molar-refractivity contribution in [2.45, 2.75) is 19.8 Å². The predicted molar refractivity (Wildman–Crippen MR) is 37.1 cm³/mol. The van der Waals surface area contributed by atoms with Gasteiger partial charge in [0, 0.05) is 12.8 Å². The largest absolute Gasteiger partial charge is 0.300 e. The van der Waals surface area contributed by atoms with Gasteiger partial charge in [-0.25, -0.2) is 0 Å². The van der Waals surface area contributed by atoms with Crippen molar-refractivity contribution in [3.63, 3.8) is 0 Å². The molecule has 1 fully saturated rings. The number of rotatable bonds is 1. The van der Waals surface area contributed by atoms with E-state index in [1.54, 1.807) is 6.92 Å². The van der Waals surface area contributed by atoms with Crippen LogP contribution in [0, 0.1) is 16.7 Å². The van der Waals surface area contributed by atoms with E-state index in [1.165, 1.54) is 0 Å². The number of nitrogens with zero attached hydrogens (tertiary/aromatic N) is 1. The second-order valence-electron chi connectivity index (χ2n) is 2.87. The molecule has 0 radical (unpaired) electrons. The first-order valence-electron chi connectivity index (χ1n) is 3.20. The summed E-state index contributed by atoms with van der Waals surface area (Å²) in [6.45, 7) is 5.48. The molecule has 0 unspecified atom stereocenters. The number of hydrogen-bond acceptors (Lipinski definition) is 2. The van der Waals surface area contributed by atoms with Crippen LogP contribution in [0.25, 0.3) is 0 Å². The van der Waals surface area contributed by atoms with Crippen LogP contribution in [0.4, 0.5) is 0 Å². The maximum absolute atomic E-state index is 10.6. The molecule has 0 aromatic carbocycles. The van der Waals surface area contributed by atoms with Crippen molar-refractivity contribution in [2.75, 3.05) is 0 Å². The summed E-state index contributed by atoms with van der Waals surface area (Å²) in [6.07, 6.45) is 0.748. The van der Waals surface area contributed by atoms with Crippen LogP contribution in [0.1, 0.15) is 19.8 Å². The number of hydrogen-bond donors (Lipinski definition) is 0. The van der Waals surface area contributed by atoms with Crippen LogP contribution in [0.15, 0.2) is 12.2 Å². The molecular weight excluding hydrogens is 126 g/mol. The fourth-order valence-electron chi connectivity index (χ4n) is 1.10. The normalized spacial score (nSPS) is 21.0. The van der Waals surface area contributed by atoms with Crippen molar-refractivity contribution < 1.29 is 4.79 Å². The first kappa shape index (κ1) is 7.01. The molecule has 0 aromatic heterocycles. The second kappa shape index (κ2) is 1.95. The highest BCUT2D eigenvalue weighted by Crippen LogP contribution is 2.42. The summed E-state index contributed by atoms with van der Waals surface area (Å²) in [5.74, 6) is 0.171. The third-order valence-corrected chi connectivity index (χ3v) is 2.03. The number of carbonyl (C=O) groups excluding carboxylic acids is 1. The maximum Gasteiger partial charge on any atom is 0.136 e. The van der Waals surface area contributed by atoms with Gasteiger partial charge in [-0.15, -0.1) is 0 Å². The van der Waals surface area contributed by atoms with E-state index >= 15 is 0 Å². The molecule has 0 heterocycles. The van der Waals surface area contributed by atoms with Gasteiger partial charge in [-0.1, -0.05) is 12.2 Å². The van der Waals surface area contributed by atoms with Crippen LogP contribution in [0.5, 0.6) is 0 Å². The molecule has 0 bridgehead atoms. The minimum Gasteiger partial charge on any atom is -0.300 e. The van der Waals surface area contributed by atoms with Crippen LogP contribution < -0.4 is 0 Å². The average Bonchev–Trinajstić information content (AvgIpc) is 1.79. The standard InChI is InChI=1S/C8H9NO/c1-6(2)8(5-9)3-7(10)4-8/h1,3-4H2,2H3. The molecule has 0 aromatic rings. The maximum atomic E-state index is 10.6. The lowest BCUT2D eigenvalue weighted by atomic mass is 9.65. The first-order chi connectivity index (χ1) is 4.60. The SMILES string of the molecule is C=C(C)C1(C#N)CC(=O)C1. The zero-order valence-corrected chi connectivity index (χ0v) is 5.98. The molecule has 1 saturated carbocycles. The van der Waals surface area contributed by atoms with E-state index in [2.05, 4.69) is 12.6 Å². The summed E-state index contributed by atoms with van der Waals surface area (Å²) < 4.78 is 0. The summed E-state index contributed by atoms with van der Waals surface area (Å²) in [7, 11) is 0. The second-order valence-corrected chi connectivity index (χ2v) is 2.87. The van der Waals surface area contributed by atoms with Crippen molar-refractivity contribution >= 4 is 5.78 Å². The highest BCUT2D eigenvalue weighted by atomic mass is 16.1. The Bertz CT molecular complexity index is 226. The lowest BCUT2D eigenvalue weighted by Crippen LogP contribution is -2.36. The minimum atomic E-state index is -0.503. The van der Waals surface area contributed by atoms with Gasteiger partial charge in [0.1, 0.15) is 5.78 Å². The molecular formula is C8H9NO. The molecule has 0 atom stereocenters. The highest BCUT2D eigenvalue weighted by molar-refractivity contribution is 5.88. The Kier molecular flexibility index (Phi) is 1.37. The monoisotopic (exact) mass is 135 g/mol. The van der Waals surface area contributed by atoms with Crippen molar-refractivity contribution in [1.29, 1.82) is 5.26 Å². The highest BCUT2D eigenvalue weighted by Gasteiger charge is 2.44. The van der Waals surface area contributed by atoms with Crippen LogP contribution in [-0.2, 0) is 4.79 Å². The smallest absolute Gasteiger partial charge is 0.136 e. The number of allylic oxidation sites excluding steroid dienone is 1. The van der Waals surface area contributed by atoms with Crippen molar-refractivity contribution in [3.05, 3.63) is 12.2 Å². The molecule has 52 valence electrons. The first-order valence-corrected chi connectivity index (χ1v) is 3.20. The van der Waals surface area contributed by atoms with Gasteiger partial charge in [0.25, 0.3) is 0 Å². The van der Waals surface area contributed by atoms with E-state index in [4.69, 9.17) is 5.26 Å². The number of ketones is 1. The van der Waals surface area contributed by atoms with Gasteiger partial charge < -0.3 is 0 Å². The molecule has 0 amide bonds. The minimum absolute atomic E-state index is 0.171. The molecule has 1 aliphatic carbocycles. The number of nitriles is 1. The molecule has 1 rings (SSSR count). The van der Waals surface area contributed by atoms with Crippen LogP contribution in [-0.4, -0.2) is 5.78 Å². The van der Waals surface area contributed by atoms with Gasteiger partial charge in [0.15, 0.2) is 0 Å². The van der Waals surface area contributed by atoms with E-state index in [0.717, 1.165) is 5.57 Å². The summed E-state index contributed by atoms with van der Waals surface area (Å²) in [5.41, 5.74) is 0.312. The Labute approximate surface area is 60.2 Å². The molecule has 10 heavy (non-hydrogen) atoms. The van der Waals surface area contributed by atoms with Crippen LogP contribution in [0.2, 0.25) is 0 Å². The Hall–Kier alpha value is -1.10. The summed E-state index contributed by atoms with van der Waals surface area (Å²) in [6, 6.07) is 2.12. The third-order valence-electron chi connectivity index (χ3n) is 2.03. The number of carbonyl (C=O) groups is 1. The zero-order chi connectivity index (χ0) is 7.78. The van der Waals surface area contributed by atoms with Crippen molar-refractivity contribution in [2.24, 2.45) is 5.41 Å². The van der Waals surface area contributed by atoms with Crippen molar-refractivity contribution in [1.82, 2.24) is 0 Å². The molecule has 1 aliphatic rings. The van der Waals surface area contributed by atoms with Gasteiger partial charge in [-0.2, -0.15) is 5.26 Å². The summed E-state index contributed by atoms with van der Waals surface area (Å²) >= 11 is 0. The van der Waals surface area contributed by atoms with E-state index in [0.29, 0.717) is 12.8 Å². The Morgan fingerprint density at radius 3 is 2.40 bits per heavy atom. The van der Waals surface area contributed by atoms with Gasteiger partial charge in [0.05, 0.1) is 11.5 Å². The summed E-state index contributed by atoms with van der Waals surface area (Å²) in [5, 5.41) is 8.66. The zero-order valence-electron chi connectivity index (χ0n) is 5.98. The lowest BCUT2D eigenvalue weighted by Gasteiger charge is -2.33. The van der Waals surface area contributed by atoms with Gasteiger partial charge >= 0.3 is 0 Å². The average molecular weight is 135 g/mol. The quantitative estimate of drug-likeness (QED) is 0.510. The predicted octanol–water partition coefficient (Wildman–Crippen LogP) is 1.44. The lowest BCUT2D eigenvalue weighted by molar-refractivity contribution is -0.128. The Morgan fingerprint density at radius 2 is 2.30 bits per heavy atom. The number of Topliss-reactive ketones (excluding diaryl/α,β-unsaturated/α-hetero) is 1. The van der Waals surface area contributed by atoms with Gasteiger partial charge in [-0.3, -0.25) is 4.79 Å². The molecule has 0 N–H and O–H groups in total. The van der Waals surface area contributed by atoms with Crippen molar-refractivity contribution in [3.8, 4) is 6.07 Å². The van der Waals surface area contributed by atoms with Crippen LogP contribution in [0.3, 0.4) is 0 Å². The van der Waals surface area contributed by atoms with E-state index in [9.17, 15) is 4.79 Å². The molecule has 0 saturated heterocycles. The summed E-state index contributed by atoms with van der Waals surface area (Å²) in [4.78, 5) is 10.6. The van der Waals surface area contributed by atoms with Gasteiger partial charge in [-0.05, 0) is 6.92 Å². The van der Waals surface area contributed by atoms with E-state index in [-0.39, 0.29) is 5.78 Å². The Morgan fingerprint density at radius 1 is 1.80 bits per heavy atom.